The fraction of sp³-hybridized carbons (Fsp3) is 0.0526. The molecule has 0 saturated carbocycles. The van der Waals surface area contributed by atoms with Gasteiger partial charge in [0.15, 0.2) is 0 Å². The van der Waals surface area contributed by atoms with E-state index in [0.29, 0.717) is 22.6 Å². The third-order valence-corrected chi connectivity index (χ3v) is 6.76. The highest BCUT2D eigenvalue weighted by Crippen LogP contribution is 2.30. The number of hydrogen-bond donors (Lipinski definition) is 1. The summed E-state index contributed by atoms with van der Waals surface area (Å²) in [7, 11) is -2.25. The summed E-state index contributed by atoms with van der Waals surface area (Å²) in [6.45, 7) is 0. The van der Waals surface area contributed by atoms with Gasteiger partial charge in [0.1, 0.15) is 15.8 Å². The summed E-state index contributed by atoms with van der Waals surface area (Å²) in [6, 6.07) is 13.8. The first kappa shape index (κ1) is 19.1. The van der Waals surface area contributed by atoms with Gasteiger partial charge in [0.05, 0.1) is 12.7 Å². The normalized spacial score (nSPS) is 11.4. The number of aromatic nitrogens is 2. The van der Waals surface area contributed by atoms with Gasteiger partial charge in [-0.3, -0.25) is 4.72 Å². The van der Waals surface area contributed by atoms with Crippen molar-refractivity contribution in [2.75, 3.05) is 11.8 Å². The Morgan fingerprint density at radius 2 is 1.90 bits per heavy atom. The van der Waals surface area contributed by atoms with Crippen LogP contribution in [0.3, 0.4) is 0 Å². The van der Waals surface area contributed by atoms with E-state index in [1.165, 1.54) is 25.3 Å². The summed E-state index contributed by atoms with van der Waals surface area (Å²) in [5.74, 6) is 0.567. The van der Waals surface area contributed by atoms with Gasteiger partial charge >= 0.3 is 0 Å². The van der Waals surface area contributed by atoms with Crippen LogP contribution in [0, 0.1) is 5.82 Å². The van der Waals surface area contributed by atoms with Gasteiger partial charge in [-0.15, -0.1) is 11.3 Å². The third kappa shape index (κ3) is 4.13. The lowest BCUT2D eigenvalue weighted by Crippen LogP contribution is -2.11. The molecule has 0 bridgehead atoms. The van der Waals surface area contributed by atoms with Crippen molar-refractivity contribution in [3.05, 3.63) is 65.8 Å². The Balaban J connectivity index is 1.56. The highest BCUT2D eigenvalue weighted by Gasteiger charge is 2.20. The topological polar surface area (TPSA) is 94.3 Å². The Morgan fingerprint density at radius 3 is 2.62 bits per heavy atom. The predicted octanol–water partition coefficient (Wildman–Crippen LogP) is 4.41. The van der Waals surface area contributed by atoms with Crippen LogP contribution in [-0.4, -0.2) is 25.7 Å². The zero-order chi connectivity index (χ0) is 20.4. The number of nitrogens with one attached hydrogen (secondary N) is 1. The van der Waals surface area contributed by atoms with E-state index in [1.807, 2.05) is 0 Å². The predicted molar refractivity (Wildman–Crippen MR) is 107 cm³/mol. The van der Waals surface area contributed by atoms with Gasteiger partial charge in [0.25, 0.3) is 15.9 Å². The molecule has 1 N–H and O–H groups in total. The summed E-state index contributed by atoms with van der Waals surface area (Å²) in [6.07, 6.45) is 0. The lowest BCUT2D eigenvalue weighted by Gasteiger charge is -2.06. The van der Waals surface area contributed by atoms with Crippen molar-refractivity contribution < 1.29 is 22.1 Å². The van der Waals surface area contributed by atoms with E-state index < -0.39 is 15.8 Å². The van der Waals surface area contributed by atoms with Crippen LogP contribution < -0.4 is 9.46 Å². The Hall–Kier alpha value is -3.24. The lowest BCUT2D eigenvalue weighted by atomic mass is 10.2. The second-order valence-corrected chi connectivity index (χ2v) is 8.74. The number of rotatable bonds is 6. The molecule has 10 heteroatoms. The zero-order valence-corrected chi connectivity index (χ0v) is 16.6. The van der Waals surface area contributed by atoms with Gasteiger partial charge in [-0.1, -0.05) is 17.3 Å². The average molecular weight is 431 g/mol. The molecule has 0 spiro atoms. The molecule has 0 atom stereocenters. The molecule has 0 aliphatic rings. The van der Waals surface area contributed by atoms with Gasteiger partial charge in [0.2, 0.25) is 5.82 Å². The standard InChI is InChI=1S/C19H14FN3O4S2/c1-26-16-7-5-15(6-8-16)23-29(24,25)17-10-13(11-28-17)19-21-18(22-27-19)12-3-2-4-14(20)9-12/h2-11,23H,1H3. The summed E-state index contributed by atoms with van der Waals surface area (Å²) in [5, 5.41) is 5.44. The van der Waals surface area contributed by atoms with Crippen LogP contribution in [0.4, 0.5) is 10.1 Å². The first-order valence-electron chi connectivity index (χ1n) is 8.30. The van der Waals surface area contributed by atoms with Crippen molar-refractivity contribution in [3.8, 4) is 28.6 Å². The highest BCUT2D eigenvalue weighted by atomic mass is 32.2. The molecule has 0 saturated heterocycles. The van der Waals surface area contributed by atoms with E-state index in [0.717, 1.165) is 11.3 Å². The average Bonchev–Trinajstić information content (AvgIpc) is 3.38. The Morgan fingerprint density at radius 1 is 1.10 bits per heavy atom. The molecule has 0 fully saturated rings. The van der Waals surface area contributed by atoms with E-state index in [4.69, 9.17) is 9.26 Å². The minimum Gasteiger partial charge on any atom is -0.497 e. The lowest BCUT2D eigenvalue weighted by molar-refractivity contribution is 0.415. The molecule has 2 aromatic carbocycles. The van der Waals surface area contributed by atoms with Crippen molar-refractivity contribution in [1.82, 2.24) is 10.1 Å². The number of anilines is 1. The fourth-order valence-electron chi connectivity index (χ4n) is 2.52. The number of benzene rings is 2. The molecule has 0 aliphatic carbocycles. The van der Waals surface area contributed by atoms with E-state index in [9.17, 15) is 12.8 Å². The first-order chi connectivity index (χ1) is 13.9. The highest BCUT2D eigenvalue weighted by molar-refractivity contribution is 7.94. The molecule has 7 nitrogen and oxygen atoms in total. The van der Waals surface area contributed by atoms with Gasteiger partial charge in [-0.05, 0) is 42.5 Å². The maximum atomic E-state index is 13.4. The van der Waals surface area contributed by atoms with E-state index in [-0.39, 0.29) is 15.9 Å². The van der Waals surface area contributed by atoms with Crippen molar-refractivity contribution >= 4 is 27.0 Å². The van der Waals surface area contributed by atoms with Gasteiger partial charge in [-0.2, -0.15) is 4.98 Å². The quantitative estimate of drug-likeness (QED) is 0.486. The van der Waals surface area contributed by atoms with Gasteiger partial charge in [0, 0.05) is 16.6 Å². The minimum absolute atomic E-state index is 0.0915. The minimum atomic E-state index is -3.78. The largest absolute Gasteiger partial charge is 0.497 e. The molecule has 29 heavy (non-hydrogen) atoms. The van der Waals surface area contributed by atoms with Crippen LogP contribution in [-0.2, 0) is 10.0 Å². The van der Waals surface area contributed by atoms with Crippen molar-refractivity contribution in [2.24, 2.45) is 0 Å². The summed E-state index contributed by atoms with van der Waals surface area (Å²) < 4.78 is 51.5. The number of sulfonamides is 1. The summed E-state index contributed by atoms with van der Waals surface area (Å²) >= 11 is 1.02. The number of thiophene rings is 1. The molecule has 2 aromatic heterocycles. The molecule has 0 radical (unpaired) electrons. The van der Waals surface area contributed by atoms with E-state index in [2.05, 4.69) is 14.9 Å². The molecule has 2 heterocycles. The van der Waals surface area contributed by atoms with Crippen molar-refractivity contribution in [3.63, 3.8) is 0 Å². The number of hydrogen-bond acceptors (Lipinski definition) is 7. The van der Waals surface area contributed by atoms with Gasteiger partial charge in [-0.25, -0.2) is 12.8 Å². The molecular formula is C19H14FN3O4S2. The summed E-state index contributed by atoms with van der Waals surface area (Å²) in [4.78, 5) is 4.22. The number of methoxy groups -OCH3 is 1. The monoisotopic (exact) mass is 431 g/mol. The van der Waals surface area contributed by atoms with E-state index >= 15 is 0 Å². The molecule has 148 valence electrons. The smallest absolute Gasteiger partial charge is 0.271 e. The molecule has 4 rings (SSSR count). The molecule has 0 amide bonds. The van der Waals surface area contributed by atoms with Crippen LogP contribution in [0.1, 0.15) is 0 Å². The molecule has 0 unspecified atom stereocenters. The number of nitrogens with zero attached hydrogens (tertiary/aromatic N) is 2. The van der Waals surface area contributed by atoms with Crippen LogP contribution in [0.25, 0.3) is 22.8 Å². The molecular weight excluding hydrogens is 417 g/mol. The van der Waals surface area contributed by atoms with Crippen molar-refractivity contribution in [1.29, 1.82) is 0 Å². The Labute approximate surface area is 169 Å². The second kappa shape index (κ2) is 7.64. The number of ether oxygens (including phenoxy) is 1. The van der Waals surface area contributed by atoms with Gasteiger partial charge < -0.3 is 9.26 Å². The van der Waals surface area contributed by atoms with Crippen molar-refractivity contribution in [2.45, 2.75) is 4.21 Å². The number of halogens is 1. The second-order valence-electron chi connectivity index (χ2n) is 5.92. The first-order valence-corrected chi connectivity index (χ1v) is 10.7. The molecule has 0 aliphatic heterocycles. The molecule has 4 aromatic rings. The maximum Gasteiger partial charge on any atom is 0.271 e. The summed E-state index contributed by atoms with van der Waals surface area (Å²) in [5.41, 5.74) is 1.33. The zero-order valence-electron chi connectivity index (χ0n) is 15.0. The van der Waals surface area contributed by atoms with Crippen LogP contribution in [0.15, 0.2) is 68.7 Å². The van der Waals surface area contributed by atoms with E-state index in [1.54, 1.807) is 41.8 Å². The third-order valence-electron chi connectivity index (χ3n) is 3.94. The Kier molecular flexibility index (Phi) is 5.03. The fourth-order valence-corrected chi connectivity index (χ4v) is 4.73. The SMILES string of the molecule is COc1ccc(NS(=O)(=O)c2cc(-c3nc(-c4cccc(F)c4)no3)cs2)cc1. The van der Waals surface area contributed by atoms with Crippen LogP contribution >= 0.6 is 11.3 Å². The van der Waals surface area contributed by atoms with Crippen LogP contribution in [0.5, 0.6) is 5.75 Å². The Bertz CT molecular complexity index is 1250. The maximum absolute atomic E-state index is 13.4. The van der Waals surface area contributed by atoms with Crippen LogP contribution in [0.2, 0.25) is 0 Å².